The van der Waals surface area contributed by atoms with Crippen LogP contribution in [0.15, 0.2) is 48.7 Å². The van der Waals surface area contributed by atoms with Crippen molar-refractivity contribution in [3.63, 3.8) is 0 Å². The van der Waals surface area contributed by atoms with Gasteiger partial charge in [-0.3, -0.25) is 9.69 Å². The molecule has 1 aromatic heterocycles. The molecule has 5 nitrogen and oxygen atoms in total. The Morgan fingerprint density at radius 3 is 2.43 bits per heavy atom. The van der Waals surface area contributed by atoms with Gasteiger partial charge in [-0.2, -0.15) is 0 Å². The van der Waals surface area contributed by atoms with Crippen molar-refractivity contribution in [2.24, 2.45) is 0 Å². The third-order valence-electron chi connectivity index (χ3n) is 4.04. The van der Waals surface area contributed by atoms with Gasteiger partial charge in [-0.1, -0.05) is 34.5 Å². The predicted octanol–water partition coefficient (Wildman–Crippen LogP) is 1.76. The molecule has 1 aliphatic heterocycles. The molecule has 1 fully saturated rings. The van der Waals surface area contributed by atoms with Crippen molar-refractivity contribution in [1.82, 2.24) is 4.90 Å². The van der Waals surface area contributed by atoms with E-state index in [0.29, 0.717) is 37.6 Å². The maximum atomic E-state index is 12.4. The lowest BCUT2D eigenvalue weighted by Crippen LogP contribution is -2.52. The standard InChI is InChI=1S/C17H19ClN3O2/c18-15-6-4-14(5-7-15)13-17(22)20-11-9-19(10-12-20)16-3-1-2-8-21(16)23/h1-8,23H,9-13H2/q+1. The van der Waals surface area contributed by atoms with Crippen molar-refractivity contribution < 1.29 is 14.7 Å². The summed E-state index contributed by atoms with van der Waals surface area (Å²) in [7, 11) is 0. The maximum absolute atomic E-state index is 12.4. The highest BCUT2D eigenvalue weighted by Crippen LogP contribution is 2.14. The normalized spacial score (nSPS) is 14.8. The minimum absolute atomic E-state index is 0.122. The Kier molecular flexibility index (Phi) is 4.67. The average Bonchev–Trinajstić information content (AvgIpc) is 2.57. The molecule has 0 radical (unpaired) electrons. The summed E-state index contributed by atoms with van der Waals surface area (Å²) in [5.41, 5.74) is 0.970. The molecule has 6 heteroatoms. The molecule has 0 bridgehead atoms. The number of piperazine rings is 1. The third kappa shape index (κ3) is 3.74. The van der Waals surface area contributed by atoms with Gasteiger partial charge < -0.3 is 10.1 Å². The first-order chi connectivity index (χ1) is 11.1. The molecule has 0 spiro atoms. The quantitative estimate of drug-likeness (QED) is 0.688. The molecule has 3 rings (SSSR count). The fraction of sp³-hybridized carbons (Fsp3) is 0.294. The molecule has 2 aromatic rings. The van der Waals surface area contributed by atoms with Crippen molar-refractivity contribution in [3.05, 3.63) is 59.2 Å². The molecular formula is C17H19ClN3O2+. The summed E-state index contributed by atoms with van der Waals surface area (Å²) in [6.07, 6.45) is 2.00. The van der Waals surface area contributed by atoms with Gasteiger partial charge in [-0.05, 0) is 23.8 Å². The number of hydrogen-bond donors (Lipinski definition) is 1. The first kappa shape index (κ1) is 15.6. The molecule has 1 aliphatic rings. The number of hydrogen-bond acceptors (Lipinski definition) is 3. The van der Waals surface area contributed by atoms with Crippen molar-refractivity contribution in [3.8, 4) is 0 Å². The van der Waals surface area contributed by atoms with E-state index in [1.165, 1.54) is 0 Å². The number of anilines is 1. The van der Waals surface area contributed by atoms with Gasteiger partial charge in [0.05, 0.1) is 19.5 Å². The van der Waals surface area contributed by atoms with Crippen LogP contribution >= 0.6 is 11.6 Å². The molecule has 1 amide bonds. The Labute approximate surface area is 140 Å². The summed E-state index contributed by atoms with van der Waals surface area (Å²) >= 11 is 5.86. The van der Waals surface area contributed by atoms with Gasteiger partial charge >= 0.3 is 5.82 Å². The van der Waals surface area contributed by atoms with Crippen LogP contribution in [0.3, 0.4) is 0 Å². The van der Waals surface area contributed by atoms with E-state index >= 15 is 0 Å². The van der Waals surface area contributed by atoms with E-state index in [9.17, 15) is 10.0 Å². The van der Waals surface area contributed by atoms with Crippen LogP contribution in [0.2, 0.25) is 5.02 Å². The van der Waals surface area contributed by atoms with E-state index in [1.54, 1.807) is 24.4 Å². The van der Waals surface area contributed by atoms with Crippen molar-refractivity contribution >= 4 is 23.3 Å². The minimum Gasteiger partial charge on any atom is -0.350 e. The Morgan fingerprint density at radius 2 is 1.78 bits per heavy atom. The first-order valence-electron chi connectivity index (χ1n) is 7.60. The number of aromatic nitrogens is 1. The van der Waals surface area contributed by atoms with Gasteiger partial charge in [-0.15, -0.1) is 0 Å². The Balaban J connectivity index is 1.57. The van der Waals surface area contributed by atoms with Crippen LogP contribution in [0.25, 0.3) is 0 Å². The second-order valence-corrected chi connectivity index (χ2v) is 6.01. The molecule has 0 unspecified atom stereocenters. The number of pyridine rings is 1. The van der Waals surface area contributed by atoms with E-state index in [1.807, 2.05) is 29.2 Å². The number of carbonyl (C=O) groups excluding carboxylic acids is 1. The zero-order valence-electron chi connectivity index (χ0n) is 12.7. The number of halogens is 1. The Hall–Kier alpha value is -2.27. The van der Waals surface area contributed by atoms with Gasteiger partial charge in [-0.25, -0.2) is 0 Å². The summed E-state index contributed by atoms with van der Waals surface area (Å²) in [4.78, 5) is 16.3. The van der Waals surface area contributed by atoms with Gasteiger partial charge in [0.25, 0.3) is 0 Å². The first-order valence-corrected chi connectivity index (χ1v) is 7.98. The smallest absolute Gasteiger partial charge is 0.316 e. The second kappa shape index (κ2) is 6.87. The second-order valence-electron chi connectivity index (χ2n) is 5.57. The predicted molar refractivity (Wildman–Crippen MR) is 87.8 cm³/mol. The van der Waals surface area contributed by atoms with Crippen LogP contribution < -0.4 is 9.63 Å². The van der Waals surface area contributed by atoms with Gasteiger partial charge in [0.2, 0.25) is 5.91 Å². The Bertz CT molecular complexity index is 682. The molecule has 1 aromatic carbocycles. The highest BCUT2D eigenvalue weighted by atomic mass is 35.5. The fourth-order valence-electron chi connectivity index (χ4n) is 2.75. The van der Waals surface area contributed by atoms with Crippen molar-refractivity contribution in [2.75, 3.05) is 31.1 Å². The molecule has 1 N–H and O–H groups in total. The SMILES string of the molecule is O=C(Cc1ccc(Cl)cc1)N1CCN(c2cccc[n+]2O)CC1. The van der Waals surface area contributed by atoms with E-state index < -0.39 is 0 Å². The zero-order chi connectivity index (χ0) is 16.2. The van der Waals surface area contributed by atoms with E-state index in [-0.39, 0.29) is 5.91 Å². The molecule has 2 heterocycles. The third-order valence-corrected chi connectivity index (χ3v) is 4.30. The van der Waals surface area contributed by atoms with Crippen molar-refractivity contribution in [1.29, 1.82) is 0 Å². The van der Waals surface area contributed by atoms with Crippen LogP contribution in [0, 0.1) is 0 Å². The number of amides is 1. The summed E-state index contributed by atoms with van der Waals surface area (Å²) in [5, 5.41) is 10.5. The topological polar surface area (TPSA) is 47.7 Å². The summed E-state index contributed by atoms with van der Waals surface area (Å²) in [6.45, 7) is 2.72. The molecule has 0 atom stereocenters. The van der Waals surface area contributed by atoms with E-state index in [2.05, 4.69) is 4.90 Å². The average molecular weight is 333 g/mol. The fourth-order valence-corrected chi connectivity index (χ4v) is 2.88. The Morgan fingerprint density at radius 1 is 1.09 bits per heavy atom. The monoisotopic (exact) mass is 332 g/mol. The number of rotatable bonds is 3. The molecular weight excluding hydrogens is 314 g/mol. The summed E-state index contributed by atoms with van der Waals surface area (Å²) in [6, 6.07) is 12.9. The maximum Gasteiger partial charge on any atom is 0.316 e. The zero-order valence-corrected chi connectivity index (χ0v) is 13.5. The molecule has 0 aliphatic carbocycles. The minimum atomic E-state index is 0.122. The lowest BCUT2D eigenvalue weighted by molar-refractivity contribution is -0.894. The van der Waals surface area contributed by atoms with Gasteiger partial charge in [0, 0.05) is 11.1 Å². The lowest BCUT2D eigenvalue weighted by Gasteiger charge is -2.31. The molecule has 0 saturated carbocycles. The number of benzene rings is 1. The molecule has 1 saturated heterocycles. The molecule has 120 valence electrons. The van der Waals surface area contributed by atoms with Gasteiger partial charge in [0.15, 0.2) is 0 Å². The number of nitrogens with zero attached hydrogens (tertiary/aromatic N) is 3. The van der Waals surface area contributed by atoms with Gasteiger partial charge in [0.1, 0.15) is 19.3 Å². The van der Waals surface area contributed by atoms with Crippen LogP contribution in [0.5, 0.6) is 0 Å². The highest BCUT2D eigenvalue weighted by Gasteiger charge is 2.27. The summed E-state index contributed by atoms with van der Waals surface area (Å²) in [5.74, 6) is 0.870. The summed E-state index contributed by atoms with van der Waals surface area (Å²) < 4.78 is 1.12. The van der Waals surface area contributed by atoms with Crippen LogP contribution in [0.4, 0.5) is 5.82 Å². The van der Waals surface area contributed by atoms with Crippen LogP contribution in [-0.2, 0) is 11.2 Å². The van der Waals surface area contributed by atoms with Crippen LogP contribution in [-0.4, -0.2) is 42.2 Å². The van der Waals surface area contributed by atoms with E-state index in [0.717, 1.165) is 16.1 Å². The highest BCUT2D eigenvalue weighted by molar-refractivity contribution is 6.30. The largest absolute Gasteiger partial charge is 0.350 e. The van der Waals surface area contributed by atoms with Crippen molar-refractivity contribution in [2.45, 2.75) is 6.42 Å². The van der Waals surface area contributed by atoms with E-state index in [4.69, 9.17) is 11.6 Å². The molecule has 23 heavy (non-hydrogen) atoms. The van der Waals surface area contributed by atoms with Crippen LogP contribution in [0.1, 0.15) is 5.56 Å². The lowest BCUT2D eigenvalue weighted by atomic mass is 10.1. The number of carbonyl (C=O) groups is 1.